The van der Waals surface area contributed by atoms with Crippen molar-refractivity contribution in [2.24, 2.45) is 7.05 Å². The summed E-state index contributed by atoms with van der Waals surface area (Å²) in [6.07, 6.45) is 3.34. The highest BCUT2D eigenvalue weighted by atomic mass is 16.2. The first-order chi connectivity index (χ1) is 10.7. The number of carbonyl (C=O) groups excluding carboxylic acids is 1. The minimum Gasteiger partial charge on any atom is -0.288 e. The quantitative estimate of drug-likeness (QED) is 0.601. The molecule has 4 rings (SSSR count). The number of hydrogen-bond donors (Lipinski definition) is 1. The van der Waals surface area contributed by atoms with Gasteiger partial charge in [-0.3, -0.25) is 14.8 Å². The van der Waals surface area contributed by atoms with Crippen LogP contribution < -0.4 is 5.32 Å². The van der Waals surface area contributed by atoms with Crippen LogP contribution in [0, 0.1) is 0 Å². The Hall–Kier alpha value is -3.29. The highest BCUT2D eigenvalue weighted by Crippen LogP contribution is 2.19. The third-order valence-electron chi connectivity index (χ3n) is 3.29. The summed E-state index contributed by atoms with van der Waals surface area (Å²) in [6, 6.07) is 9.82. The lowest BCUT2D eigenvalue weighted by Crippen LogP contribution is -2.13. The highest BCUT2D eigenvalue weighted by Gasteiger charge is 2.14. The summed E-state index contributed by atoms with van der Waals surface area (Å²) in [6.45, 7) is 0. The number of nitrogens with one attached hydrogen (secondary N) is 1. The number of pyridine rings is 1. The van der Waals surface area contributed by atoms with Crippen molar-refractivity contribution in [2.45, 2.75) is 0 Å². The first-order valence-corrected chi connectivity index (χ1v) is 6.62. The van der Waals surface area contributed by atoms with Gasteiger partial charge in [-0.15, -0.1) is 10.2 Å². The van der Waals surface area contributed by atoms with E-state index in [0.717, 1.165) is 10.8 Å². The average Bonchev–Trinajstić information content (AvgIpc) is 3.13. The van der Waals surface area contributed by atoms with E-state index in [1.54, 1.807) is 11.6 Å². The van der Waals surface area contributed by atoms with Crippen LogP contribution in [0.25, 0.3) is 16.4 Å². The van der Waals surface area contributed by atoms with E-state index in [4.69, 9.17) is 0 Å². The van der Waals surface area contributed by atoms with Crippen molar-refractivity contribution in [3.8, 4) is 0 Å². The Kier molecular flexibility index (Phi) is 2.62. The average molecular weight is 293 g/mol. The van der Waals surface area contributed by atoms with Gasteiger partial charge in [-0.2, -0.15) is 4.98 Å². The van der Waals surface area contributed by atoms with Crippen molar-refractivity contribution in [1.29, 1.82) is 0 Å². The van der Waals surface area contributed by atoms with Crippen LogP contribution in [0.3, 0.4) is 0 Å². The largest absolute Gasteiger partial charge is 0.288 e. The third-order valence-corrected chi connectivity index (χ3v) is 3.29. The molecule has 1 N–H and O–H groups in total. The SMILES string of the molecule is Cn1cc(C(=O)Nc2nc3c4ccccc4ccn3n2)nn1. The molecule has 8 nitrogen and oxygen atoms in total. The Morgan fingerprint density at radius 1 is 1.23 bits per heavy atom. The van der Waals surface area contributed by atoms with Crippen LogP contribution in [0.2, 0.25) is 0 Å². The Bertz CT molecular complexity index is 1000. The topological polar surface area (TPSA) is 90.0 Å². The molecule has 0 unspecified atom stereocenters. The Labute approximate surface area is 124 Å². The zero-order valence-corrected chi connectivity index (χ0v) is 11.6. The lowest BCUT2D eigenvalue weighted by atomic mass is 10.2. The summed E-state index contributed by atoms with van der Waals surface area (Å²) in [4.78, 5) is 16.4. The molecule has 8 heteroatoms. The van der Waals surface area contributed by atoms with Gasteiger partial charge in [0.15, 0.2) is 11.3 Å². The number of aryl methyl sites for hydroxylation is 1. The monoisotopic (exact) mass is 293 g/mol. The predicted octanol–water partition coefficient (Wildman–Crippen LogP) is 1.26. The molecule has 1 amide bonds. The maximum absolute atomic E-state index is 12.1. The number of aromatic nitrogens is 6. The van der Waals surface area contributed by atoms with Gasteiger partial charge in [-0.1, -0.05) is 29.5 Å². The van der Waals surface area contributed by atoms with Gasteiger partial charge in [0.25, 0.3) is 5.91 Å². The highest BCUT2D eigenvalue weighted by molar-refractivity contribution is 6.02. The van der Waals surface area contributed by atoms with E-state index >= 15 is 0 Å². The zero-order chi connectivity index (χ0) is 15.1. The minimum absolute atomic E-state index is 0.214. The van der Waals surface area contributed by atoms with Crippen LogP contribution in [0.1, 0.15) is 10.5 Å². The normalized spacial score (nSPS) is 11.1. The van der Waals surface area contributed by atoms with Gasteiger partial charge < -0.3 is 0 Å². The van der Waals surface area contributed by atoms with E-state index in [1.807, 2.05) is 36.5 Å². The summed E-state index contributed by atoms with van der Waals surface area (Å²) in [7, 11) is 1.69. The number of hydrogen-bond acceptors (Lipinski definition) is 5. The number of fused-ring (bicyclic) bond motifs is 3. The molecule has 0 aliphatic carbocycles. The standard InChI is InChI=1S/C14H11N7O/c1-20-8-11(17-19-20)13(22)16-14-15-12-10-5-3-2-4-9(10)6-7-21(12)18-14/h2-8H,1H3,(H,16,18,22). The molecule has 0 spiro atoms. The first kappa shape index (κ1) is 12.5. The molecule has 3 aromatic heterocycles. The molecule has 3 heterocycles. The predicted molar refractivity (Wildman–Crippen MR) is 79.4 cm³/mol. The molecule has 108 valence electrons. The van der Waals surface area contributed by atoms with Crippen LogP contribution in [0.15, 0.2) is 42.7 Å². The third kappa shape index (κ3) is 1.97. The second-order valence-corrected chi connectivity index (χ2v) is 4.84. The summed E-state index contributed by atoms with van der Waals surface area (Å²) < 4.78 is 3.09. The van der Waals surface area contributed by atoms with Crippen LogP contribution in [-0.2, 0) is 7.05 Å². The van der Waals surface area contributed by atoms with Crippen molar-refractivity contribution >= 4 is 28.3 Å². The van der Waals surface area contributed by atoms with Crippen LogP contribution in [-0.4, -0.2) is 35.5 Å². The molecule has 0 atom stereocenters. The number of rotatable bonds is 2. The van der Waals surface area contributed by atoms with Gasteiger partial charge in [-0.05, 0) is 11.5 Å². The smallest absolute Gasteiger partial charge is 0.280 e. The van der Waals surface area contributed by atoms with Crippen LogP contribution in [0.4, 0.5) is 5.95 Å². The summed E-state index contributed by atoms with van der Waals surface area (Å²) in [5, 5.41) is 16.4. The number of nitrogens with zero attached hydrogens (tertiary/aromatic N) is 6. The molecule has 1 aromatic carbocycles. The number of amides is 1. The van der Waals surface area contributed by atoms with Gasteiger partial charge in [0, 0.05) is 18.6 Å². The summed E-state index contributed by atoms with van der Waals surface area (Å²) >= 11 is 0. The molecule has 0 radical (unpaired) electrons. The molecule has 0 aliphatic heterocycles. The van der Waals surface area contributed by atoms with E-state index in [1.165, 1.54) is 10.9 Å². The number of benzene rings is 1. The van der Waals surface area contributed by atoms with Crippen molar-refractivity contribution in [3.63, 3.8) is 0 Å². The molecular formula is C14H11N7O. The molecular weight excluding hydrogens is 282 g/mol. The maximum atomic E-state index is 12.1. The minimum atomic E-state index is -0.395. The maximum Gasteiger partial charge on any atom is 0.280 e. The van der Waals surface area contributed by atoms with Gasteiger partial charge in [0.2, 0.25) is 5.95 Å². The number of carbonyl (C=O) groups is 1. The fraction of sp³-hybridized carbons (Fsp3) is 0.0714. The van der Waals surface area contributed by atoms with Gasteiger partial charge in [0.1, 0.15) is 0 Å². The van der Waals surface area contributed by atoms with Gasteiger partial charge >= 0.3 is 0 Å². The molecule has 22 heavy (non-hydrogen) atoms. The molecule has 0 aliphatic rings. The fourth-order valence-corrected chi connectivity index (χ4v) is 2.28. The summed E-state index contributed by atoms with van der Waals surface area (Å²) in [5.41, 5.74) is 0.902. The van der Waals surface area contributed by atoms with Crippen molar-refractivity contribution in [1.82, 2.24) is 29.6 Å². The molecule has 0 bridgehead atoms. The number of anilines is 1. The van der Waals surface area contributed by atoms with Crippen LogP contribution >= 0.6 is 0 Å². The fourth-order valence-electron chi connectivity index (χ4n) is 2.28. The summed E-state index contributed by atoms with van der Waals surface area (Å²) in [5.74, 6) is -0.166. The van der Waals surface area contributed by atoms with Gasteiger partial charge in [-0.25, -0.2) is 4.52 Å². The van der Waals surface area contributed by atoms with E-state index < -0.39 is 5.91 Å². The molecule has 0 saturated heterocycles. The van der Waals surface area contributed by atoms with Crippen molar-refractivity contribution in [2.75, 3.05) is 5.32 Å². The molecule has 0 fully saturated rings. The van der Waals surface area contributed by atoms with Crippen molar-refractivity contribution in [3.05, 3.63) is 48.4 Å². The van der Waals surface area contributed by atoms with E-state index in [0.29, 0.717) is 5.65 Å². The second-order valence-electron chi connectivity index (χ2n) is 4.84. The lowest BCUT2D eigenvalue weighted by Gasteiger charge is -1.97. The van der Waals surface area contributed by atoms with E-state index in [-0.39, 0.29) is 11.6 Å². The van der Waals surface area contributed by atoms with Crippen molar-refractivity contribution < 1.29 is 4.79 Å². The Balaban J connectivity index is 1.73. The molecule has 0 saturated carbocycles. The van der Waals surface area contributed by atoms with E-state index in [9.17, 15) is 4.79 Å². The van der Waals surface area contributed by atoms with Crippen LogP contribution in [0.5, 0.6) is 0 Å². The first-order valence-electron chi connectivity index (χ1n) is 6.62. The Morgan fingerprint density at radius 2 is 2.09 bits per heavy atom. The lowest BCUT2D eigenvalue weighted by molar-refractivity contribution is 0.102. The second kappa shape index (κ2) is 4.62. The van der Waals surface area contributed by atoms with Gasteiger partial charge in [0.05, 0.1) is 6.20 Å². The van der Waals surface area contributed by atoms with E-state index in [2.05, 4.69) is 25.7 Å². The molecule has 4 aromatic rings. The Morgan fingerprint density at radius 3 is 2.91 bits per heavy atom. The zero-order valence-electron chi connectivity index (χ0n) is 11.6.